The Labute approximate surface area is 229 Å². The summed E-state index contributed by atoms with van der Waals surface area (Å²) < 4.78 is 35.5. The van der Waals surface area contributed by atoms with Crippen LogP contribution in [-0.2, 0) is 34.9 Å². The maximum Gasteiger partial charge on any atom is 0.513 e. The molecule has 1 aromatic rings. The number of nitrogens with one attached hydrogen (secondary N) is 1. The molecule has 220 valence electrons. The lowest BCUT2D eigenvalue weighted by atomic mass is 10.0. The van der Waals surface area contributed by atoms with Crippen molar-refractivity contribution in [2.75, 3.05) is 33.5 Å². The summed E-state index contributed by atoms with van der Waals surface area (Å²) in [5.74, 6) is -0.694. The highest BCUT2D eigenvalue weighted by Crippen LogP contribution is 2.30. The van der Waals surface area contributed by atoms with Crippen LogP contribution in [0.25, 0.3) is 0 Å². The molecule has 1 aromatic carbocycles. The fourth-order valence-electron chi connectivity index (χ4n) is 3.03. The summed E-state index contributed by atoms with van der Waals surface area (Å²) in [6.45, 7) is 8.16. The van der Waals surface area contributed by atoms with Gasteiger partial charge in [0.25, 0.3) is 0 Å². The van der Waals surface area contributed by atoms with Gasteiger partial charge in [-0.2, -0.15) is 0 Å². The summed E-state index contributed by atoms with van der Waals surface area (Å²) in [6, 6.07) is 3.65. The van der Waals surface area contributed by atoms with Gasteiger partial charge >= 0.3 is 24.4 Å². The minimum Gasteiger partial charge on any atom is -0.468 e. The second-order valence-electron chi connectivity index (χ2n) is 8.60. The van der Waals surface area contributed by atoms with Crippen molar-refractivity contribution in [3.63, 3.8) is 0 Å². The van der Waals surface area contributed by atoms with E-state index in [9.17, 15) is 19.2 Å². The van der Waals surface area contributed by atoms with Gasteiger partial charge in [0.05, 0.1) is 26.9 Å². The molecule has 0 heterocycles. The van der Waals surface area contributed by atoms with Crippen molar-refractivity contribution in [1.82, 2.24) is 5.32 Å². The first-order valence-electron chi connectivity index (χ1n) is 13.2. The quantitative estimate of drug-likeness (QED) is 0.120. The van der Waals surface area contributed by atoms with Crippen LogP contribution >= 0.6 is 0 Å². The van der Waals surface area contributed by atoms with Gasteiger partial charge in [-0.25, -0.2) is 14.4 Å². The third-order valence-corrected chi connectivity index (χ3v) is 5.13. The molecule has 12 nitrogen and oxygen atoms in total. The van der Waals surface area contributed by atoms with E-state index in [2.05, 4.69) is 5.32 Å². The van der Waals surface area contributed by atoms with Crippen LogP contribution in [-0.4, -0.2) is 70.1 Å². The summed E-state index contributed by atoms with van der Waals surface area (Å²) in [6.07, 6.45) is 0.481. The Morgan fingerprint density at radius 3 is 1.95 bits per heavy atom. The number of carbonyl (C=O) groups is 4. The molecule has 2 atom stereocenters. The van der Waals surface area contributed by atoms with E-state index < -0.39 is 36.6 Å². The Bertz CT molecular complexity index is 906. The van der Waals surface area contributed by atoms with Crippen molar-refractivity contribution in [1.29, 1.82) is 0 Å². The van der Waals surface area contributed by atoms with Gasteiger partial charge < -0.3 is 38.5 Å². The SMILES string of the molecule is CCCCOC(=O)Oc1ccc(C[C@H](NCC(C)OC(=O)OCCC)C(=O)OC)cc1OC(=O)OCCCC. The van der Waals surface area contributed by atoms with Gasteiger partial charge in [0, 0.05) is 6.54 Å². The molecule has 0 radical (unpaired) electrons. The first-order valence-corrected chi connectivity index (χ1v) is 13.2. The van der Waals surface area contributed by atoms with Crippen LogP contribution in [0.5, 0.6) is 11.5 Å². The van der Waals surface area contributed by atoms with Crippen LogP contribution in [0.4, 0.5) is 14.4 Å². The predicted molar refractivity (Wildman–Crippen MR) is 140 cm³/mol. The number of esters is 1. The van der Waals surface area contributed by atoms with Crippen LogP contribution in [0.1, 0.15) is 65.4 Å². The standard InChI is InChI=1S/C27H41NO11/c1-6-9-14-35-26(31)38-22-12-11-20(17-23(22)39-27(32)36-15-10-7-2)16-21(24(29)33-5)28-18-19(4)37-25(30)34-13-8-3/h11-12,17,19,21,28H,6-10,13-16,18H2,1-5H3/t19?,21-/m0/s1. The Hall–Kier alpha value is -3.54. The number of carbonyl (C=O) groups excluding carboxylic acids is 4. The van der Waals surface area contributed by atoms with Crippen molar-refractivity contribution >= 4 is 24.4 Å². The number of unbranched alkanes of at least 4 members (excludes halogenated alkanes) is 2. The summed E-state index contributed by atoms with van der Waals surface area (Å²) in [7, 11) is 1.25. The Balaban J connectivity index is 2.99. The van der Waals surface area contributed by atoms with E-state index in [-0.39, 0.29) is 44.3 Å². The topological polar surface area (TPSA) is 145 Å². The van der Waals surface area contributed by atoms with Gasteiger partial charge in [-0.3, -0.25) is 4.79 Å². The average Bonchev–Trinajstić information content (AvgIpc) is 2.91. The molecule has 39 heavy (non-hydrogen) atoms. The highest BCUT2D eigenvalue weighted by Gasteiger charge is 2.23. The summed E-state index contributed by atoms with van der Waals surface area (Å²) >= 11 is 0. The normalized spacial score (nSPS) is 12.0. The number of benzene rings is 1. The molecule has 0 aliphatic heterocycles. The van der Waals surface area contributed by atoms with Gasteiger partial charge in [-0.15, -0.1) is 0 Å². The van der Waals surface area contributed by atoms with E-state index in [1.807, 2.05) is 20.8 Å². The molecule has 12 heteroatoms. The largest absolute Gasteiger partial charge is 0.513 e. The second kappa shape index (κ2) is 19.5. The highest BCUT2D eigenvalue weighted by molar-refractivity contribution is 5.76. The van der Waals surface area contributed by atoms with Gasteiger partial charge in [-0.05, 0) is 50.3 Å². The molecule has 0 bridgehead atoms. The highest BCUT2D eigenvalue weighted by atomic mass is 16.7. The number of hydrogen-bond donors (Lipinski definition) is 1. The third kappa shape index (κ3) is 14.3. The van der Waals surface area contributed by atoms with E-state index in [1.54, 1.807) is 13.0 Å². The van der Waals surface area contributed by atoms with Crippen LogP contribution in [0, 0.1) is 0 Å². The van der Waals surface area contributed by atoms with Crippen LogP contribution in [0.15, 0.2) is 18.2 Å². The fraction of sp³-hybridized carbons (Fsp3) is 0.630. The maximum absolute atomic E-state index is 12.4. The van der Waals surface area contributed by atoms with Crippen molar-refractivity contribution in [2.24, 2.45) is 0 Å². The molecule has 1 rings (SSSR count). The average molecular weight is 556 g/mol. The second-order valence-corrected chi connectivity index (χ2v) is 8.60. The van der Waals surface area contributed by atoms with Crippen molar-refractivity contribution < 1.29 is 52.3 Å². The van der Waals surface area contributed by atoms with Crippen LogP contribution < -0.4 is 14.8 Å². The molecule has 1 unspecified atom stereocenters. The monoisotopic (exact) mass is 555 g/mol. The molecule has 0 saturated carbocycles. The zero-order valence-electron chi connectivity index (χ0n) is 23.4. The minimum atomic E-state index is -0.964. The van der Waals surface area contributed by atoms with Crippen molar-refractivity contribution in [3.8, 4) is 11.5 Å². The van der Waals surface area contributed by atoms with Crippen molar-refractivity contribution in [2.45, 2.75) is 78.4 Å². The van der Waals surface area contributed by atoms with Gasteiger partial charge in [0.1, 0.15) is 12.1 Å². The zero-order valence-corrected chi connectivity index (χ0v) is 23.4. The molecule has 0 fully saturated rings. The fourth-order valence-corrected chi connectivity index (χ4v) is 3.03. The van der Waals surface area contributed by atoms with Crippen LogP contribution in [0.3, 0.4) is 0 Å². The lowest BCUT2D eigenvalue weighted by molar-refractivity contribution is -0.143. The zero-order chi connectivity index (χ0) is 29.0. The molecule has 1 N–H and O–H groups in total. The number of methoxy groups -OCH3 is 1. The Kier molecular flexibility index (Phi) is 16.8. The summed E-state index contributed by atoms with van der Waals surface area (Å²) in [5.41, 5.74) is 0.553. The Morgan fingerprint density at radius 1 is 0.795 bits per heavy atom. The third-order valence-electron chi connectivity index (χ3n) is 5.13. The molecule has 0 spiro atoms. The lowest BCUT2D eigenvalue weighted by Crippen LogP contribution is -2.43. The predicted octanol–water partition coefficient (Wildman–Crippen LogP) is 4.94. The molecule has 0 aliphatic rings. The van der Waals surface area contributed by atoms with E-state index in [4.69, 9.17) is 33.2 Å². The summed E-state index contributed by atoms with van der Waals surface area (Å²) in [5, 5.41) is 3.01. The Morgan fingerprint density at radius 2 is 1.38 bits per heavy atom. The van der Waals surface area contributed by atoms with E-state index in [0.717, 1.165) is 12.8 Å². The smallest absolute Gasteiger partial charge is 0.468 e. The first-order chi connectivity index (χ1) is 18.7. The summed E-state index contributed by atoms with van der Waals surface area (Å²) in [4.78, 5) is 48.4. The van der Waals surface area contributed by atoms with E-state index in [1.165, 1.54) is 19.2 Å². The van der Waals surface area contributed by atoms with E-state index in [0.29, 0.717) is 24.8 Å². The molecule has 0 saturated heterocycles. The van der Waals surface area contributed by atoms with Gasteiger partial charge in [0.15, 0.2) is 11.5 Å². The number of rotatable bonds is 17. The first kappa shape index (κ1) is 33.5. The maximum atomic E-state index is 12.4. The van der Waals surface area contributed by atoms with Crippen molar-refractivity contribution in [3.05, 3.63) is 23.8 Å². The number of hydrogen-bond acceptors (Lipinski definition) is 12. The minimum absolute atomic E-state index is 0.0529. The molecular formula is C27H41NO11. The molecule has 0 aliphatic carbocycles. The number of ether oxygens (including phenoxy) is 7. The lowest BCUT2D eigenvalue weighted by Gasteiger charge is -2.20. The molecule has 0 aromatic heterocycles. The van der Waals surface area contributed by atoms with E-state index >= 15 is 0 Å². The van der Waals surface area contributed by atoms with Gasteiger partial charge in [0.2, 0.25) is 0 Å². The molecular weight excluding hydrogens is 514 g/mol. The molecule has 0 amide bonds. The van der Waals surface area contributed by atoms with Gasteiger partial charge in [-0.1, -0.05) is 39.7 Å². The van der Waals surface area contributed by atoms with Crippen LogP contribution in [0.2, 0.25) is 0 Å².